The van der Waals surface area contributed by atoms with Gasteiger partial charge in [-0.2, -0.15) is 5.10 Å². The van der Waals surface area contributed by atoms with Crippen LogP contribution in [0.5, 0.6) is 0 Å². The smallest absolute Gasteiger partial charge is 0.232 e. The number of pyridine rings is 1. The van der Waals surface area contributed by atoms with Crippen molar-refractivity contribution in [2.75, 3.05) is 28.2 Å². The second kappa shape index (κ2) is 8.59. The van der Waals surface area contributed by atoms with Crippen molar-refractivity contribution in [2.45, 2.75) is 19.5 Å². The van der Waals surface area contributed by atoms with E-state index >= 15 is 0 Å². The van der Waals surface area contributed by atoms with Gasteiger partial charge in [-0.3, -0.25) is 13.8 Å². The summed E-state index contributed by atoms with van der Waals surface area (Å²) >= 11 is 0. The molecule has 11 nitrogen and oxygen atoms in total. The Morgan fingerprint density at radius 3 is 2.61 bits per heavy atom. The Kier molecular flexibility index (Phi) is 5.66. The lowest BCUT2D eigenvalue weighted by Crippen LogP contribution is -2.25. The summed E-state index contributed by atoms with van der Waals surface area (Å²) < 4.78 is 41.1. The zero-order chi connectivity index (χ0) is 25.8. The molecule has 5 rings (SSSR count). The molecule has 1 amide bonds. The number of benzene rings is 1. The summed E-state index contributed by atoms with van der Waals surface area (Å²) in [6, 6.07) is 6.98. The Labute approximate surface area is 206 Å². The van der Waals surface area contributed by atoms with Gasteiger partial charge in [0.15, 0.2) is 5.65 Å². The summed E-state index contributed by atoms with van der Waals surface area (Å²) in [5, 5.41) is 10.1. The minimum Gasteiger partial charge on any atom is -0.352 e. The number of hydrogen-bond acceptors (Lipinski definition) is 7. The Bertz CT molecular complexity index is 1600. The van der Waals surface area contributed by atoms with Crippen LogP contribution in [0.1, 0.15) is 12.2 Å². The van der Waals surface area contributed by atoms with Crippen LogP contribution in [-0.4, -0.2) is 58.5 Å². The van der Waals surface area contributed by atoms with Gasteiger partial charge >= 0.3 is 0 Å². The second-order valence-electron chi connectivity index (χ2n) is 8.91. The number of amides is 1. The summed E-state index contributed by atoms with van der Waals surface area (Å²) in [7, 11) is -0.312. The fourth-order valence-corrected chi connectivity index (χ4v) is 4.40. The molecule has 0 saturated heterocycles. The number of anilines is 4. The van der Waals surface area contributed by atoms with Crippen molar-refractivity contribution < 1.29 is 17.6 Å². The van der Waals surface area contributed by atoms with Gasteiger partial charge in [0, 0.05) is 31.9 Å². The number of fused-ring (bicyclic) bond motifs is 1. The Morgan fingerprint density at radius 1 is 1.22 bits per heavy atom. The molecule has 1 aromatic carbocycles. The number of aromatic amines is 1. The van der Waals surface area contributed by atoms with Crippen LogP contribution in [-0.2, 0) is 21.9 Å². The maximum atomic E-state index is 13.4. The van der Waals surface area contributed by atoms with Crippen LogP contribution in [0.4, 0.5) is 27.3 Å². The topological polar surface area (TPSA) is 138 Å². The SMILES string of the molecule is Cc1nc2nc(NC(=O)C3C[C@@H]3F)cc(Nc3ccc(-c4cnn(C)c4)cc3N(C)S(C)(=O)=O)c2[nH]1. The maximum absolute atomic E-state index is 13.4. The molecule has 2 atom stereocenters. The fraction of sp³-hybridized carbons (Fsp3) is 0.304. The number of sulfonamides is 1. The lowest BCUT2D eigenvalue weighted by atomic mass is 10.1. The third kappa shape index (κ3) is 4.61. The fourth-order valence-electron chi connectivity index (χ4n) is 3.89. The molecule has 1 aliphatic rings. The van der Waals surface area contributed by atoms with E-state index < -0.39 is 28.0 Å². The maximum Gasteiger partial charge on any atom is 0.232 e. The highest BCUT2D eigenvalue weighted by molar-refractivity contribution is 7.92. The molecule has 3 aromatic heterocycles. The number of hydrogen-bond donors (Lipinski definition) is 3. The number of imidazole rings is 1. The average molecular weight is 513 g/mol. The van der Waals surface area contributed by atoms with Crippen molar-refractivity contribution in [2.24, 2.45) is 13.0 Å². The molecule has 0 bridgehead atoms. The molecule has 188 valence electrons. The molecule has 13 heteroatoms. The summed E-state index contributed by atoms with van der Waals surface area (Å²) in [5.74, 6) is -0.290. The van der Waals surface area contributed by atoms with Crippen LogP contribution < -0.4 is 14.9 Å². The minimum absolute atomic E-state index is 0.200. The van der Waals surface area contributed by atoms with Gasteiger partial charge in [-0.15, -0.1) is 0 Å². The summed E-state index contributed by atoms with van der Waals surface area (Å²) in [4.78, 5) is 24.2. The van der Waals surface area contributed by atoms with Crippen molar-refractivity contribution in [3.63, 3.8) is 0 Å². The van der Waals surface area contributed by atoms with Crippen LogP contribution in [0.15, 0.2) is 36.7 Å². The van der Waals surface area contributed by atoms with Gasteiger partial charge in [-0.25, -0.2) is 22.8 Å². The lowest BCUT2D eigenvalue weighted by molar-refractivity contribution is -0.117. The number of nitrogens with zero attached hydrogens (tertiary/aromatic N) is 5. The molecule has 0 radical (unpaired) electrons. The van der Waals surface area contributed by atoms with Gasteiger partial charge in [-0.1, -0.05) is 6.07 Å². The summed E-state index contributed by atoms with van der Waals surface area (Å²) in [6.45, 7) is 1.77. The monoisotopic (exact) mass is 512 g/mol. The summed E-state index contributed by atoms with van der Waals surface area (Å²) in [6.07, 6.45) is 3.73. The van der Waals surface area contributed by atoms with Crippen LogP contribution in [0.3, 0.4) is 0 Å². The van der Waals surface area contributed by atoms with Crippen molar-refractivity contribution in [3.8, 4) is 11.1 Å². The van der Waals surface area contributed by atoms with Gasteiger partial charge in [0.1, 0.15) is 23.3 Å². The van der Waals surface area contributed by atoms with E-state index in [2.05, 4.69) is 30.7 Å². The zero-order valence-corrected chi connectivity index (χ0v) is 20.9. The first-order chi connectivity index (χ1) is 17.0. The average Bonchev–Trinajstić information content (AvgIpc) is 3.18. The van der Waals surface area contributed by atoms with Gasteiger partial charge in [0.25, 0.3) is 0 Å². The number of rotatable bonds is 7. The van der Waals surface area contributed by atoms with Crippen LogP contribution in [0.2, 0.25) is 0 Å². The largest absolute Gasteiger partial charge is 0.352 e. The minimum atomic E-state index is -3.59. The van der Waals surface area contributed by atoms with Crippen molar-refractivity contribution in [1.82, 2.24) is 24.7 Å². The normalized spacial score (nSPS) is 17.2. The molecule has 0 spiro atoms. The first-order valence-corrected chi connectivity index (χ1v) is 13.0. The van der Waals surface area contributed by atoms with E-state index in [0.29, 0.717) is 34.1 Å². The van der Waals surface area contributed by atoms with Crippen LogP contribution in [0, 0.1) is 12.8 Å². The third-order valence-corrected chi connectivity index (χ3v) is 7.21. The first-order valence-electron chi connectivity index (χ1n) is 11.2. The molecule has 1 aliphatic carbocycles. The number of alkyl halides is 1. The van der Waals surface area contributed by atoms with E-state index in [9.17, 15) is 17.6 Å². The van der Waals surface area contributed by atoms with Crippen LogP contribution in [0.25, 0.3) is 22.3 Å². The van der Waals surface area contributed by atoms with Crippen molar-refractivity contribution >= 4 is 50.0 Å². The first kappa shape index (κ1) is 23.7. The second-order valence-corrected chi connectivity index (χ2v) is 10.9. The van der Waals surface area contributed by atoms with E-state index in [1.54, 1.807) is 43.0 Å². The van der Waals surface area contributed by atoms with Gasteiger partial charge < -0.3 is 15.6 Å². The predicted octanol–water partition coefficient (Wildman–Crippen LogP) is 3.10. The van der Waals surface area contributed by atoms with Gasteiger partial charge in [0.05, 0.1) is 35.4 Å². The molecule has 1 saturated carbocycles. The number of halogens is 1. The number of nitrogens with one attached hydrogen (secondary N) is 3. The quantitative estimate of drug-likeness (QED) is 0.346. The number of carbonyl (C=O) groups excluding carboxylic acids is 1. The molecule has 1 fully saturated rings. The Hall–Kier alpha value is -4.00. The number of H-pyrrole nitrogens is 1. The highest BCUT2D eigenvalue weighted by Crippen LogP contribution is 2.37. The molecule has 36 heavy (non-hydrogen) atoms. The zero-order valence-electron chi connectivity index (χ0n) is 20.1. The van der Waals surface area contributed by atoms with E-state index in [1.807, 2.05) is 12.3 Å². The molecular weight excluding hydrogens is 487 g/mol. The third-order valence-electron chi connectivity index (χ3n) is 6.02. The molecule has 4 aromatic rings. The van der Waals surface area contributed by atoms with E-state index in [-0.39, 0.29) is 12.2 Å². The van der Waals surface area contributed by atoms with E-state index in [0.717, 1.165) is 17.4 Å². The Balaban J connectivity index is 1.57. The standard InChI is InChI=1S/C23H25FN8O3S/c1-12-26-21-18(9-20(29-22(21)27-12)30-23(33)15-8-16(15)24)28-17-6-5-13(14-10-25-31(2)11-14)7-19(17)32(3)36(4,34)35/h5-7,9-11,15-16H,8H2,1-4H3,(H3,26,27,28,29,30,33)/t15?,16-/m0/s1. The van der Waals surface area contributed by atoms with E-state index in [4.69, 9.17) is 0 Å². The number of aromatic nitrogens is 5. The predicted molar refractivity (Wildman–Crippen MR) is 135 cm³/mol. The van der Waals surface area contributed by atoms with Gasteiger partial charge in [0.2, 0.25) is 15.9 Å². The van der Waals surface area contributed by atoms with Crippen molar-refractivity contribution in [1.29, 1.82) is 0 Å². The van der Waals surface area contributed by atoms with Crippen molar-refractivity contribution in [3.05, 3.63) is 42.5 Å². The van der Waals surface area contributed by atoms with Gasteiger partial charge in [-0.05, 0) is 31.0 Å². The van der Waals surface area contributed by atoms with E-state index in [1.165, 1.54) is 11.4 Å². The molecule has 1 unspecified atom stereocenters. The molecule has 0 aliphatic heterocycles. The molecular formula is C23H25FN8O3S. The highest BCUT2D eigenvalue weighted by atomic mass is 32.2. The summed E-state index contributed by atoms with van der Waals surface area (Å²) in [5.41, 5.74) is 3.96. The van der Waals surface area contributed by atoms with Crippen LogP contribution >= 0.6 is 0 Å². The highest BCUT2D eigenvalue weighted by Gasteiger charge is 2.43. The number of aryl methyl sites for hydroxylation is 2. The lowest BCUT2D eigenvalue weighted by Gasteiger charge is -2.22. The molecule has 3 N–H and O–H groups in total. The molecule has 3 heterocycles. The Morgan fingerprint density at radius 2 is 1.97 bits per heavy atom. The number of carbonyl (C=O) groups is 1.